The fourth-order valence-corrected chi connectivity index (χ4v) is 1.85. The smallest absolute Gasteiger partial charge is 0.136 e. The van der Waals surface area contributed by atoms with Crippen LogP contribution in [0.2, 0.25) is 0 Å². The van der Waals surface area contributed by atoms with Crippen LogP contribution in [0.1, 0.15) is 5.69 Å². The first kappa shape index (κ1) is 7.89. The van der Waals surface area contributed by atoms with Gasteiger partial charge < -0.3 is 9.84 Å². The molecule has 1 N–H and O–H groups in total. The SMILES string of the molecule is OCc1cc2c(cn1)SCCO2. The first-order valence-electron chi connectivity index (χ1n) is 3.75. The lowest BCUT2D eigenvalue weighted by Crippen LogP contribution is -2.07. The Morgan fingerprint density at radius 1 is 1.67 bits per heavy atom. The molecule has 0 aliphatic carbocycles. The number of aromatic nitrogens is 1. The Hall–Kier alpha value is -0.740. The number of thioether (sulfide) groups is 1. The van der Waals surface area contributed by atoms with Gasteiger partial charge in [-0.2, -0.15) is 0 Å². The molecule has 0 bridgehead atoms. The second kappa shape index (κ2) is 3.33. The highest BCUT2D eigenvalue weighted by atomic mass is 32.2. The molecule has 0 spiro atoms. The molecule has 0 radical (unpaired) electrons. The molecule has 0 saturated heterocycles. The molecule has 3 nitrogen and oxygen atoms in total. The lowest BCUT2D eigenvalue weighted by atomic mass is 10.3. The minimum Gasteiger partial charge on any atom is -0.491 e. The Kier molecular flexibility index (Phi) is 2.19. The first-order chi connectivity index (χ1) is 5.90. The molecule has 1 aromatic rings. The number of fused-ring (bicyclic) bond motifs is 1. The molecule has 0 amide bonds. The van der Waals surface area contributed by atoms with Crippen LogP contribution in [0.5, 0.6) is 5.75 Å². The van der Waals surface area contributed by atoms with E-state index in [1.54, 1.807) is 24.0 Å². The second-order valence-corrected chi connectivity index (χ2v) is 3.61. The number of nitrogens with zero attached hydrogens (tertiary/aromatic N) is 1. The van der Waals surface area contributed by atoms with Gasteiger partial charge in [0.25, 0.3) is 0 Å². The molecule has 0 atom stereocenters. The van der Waals surface area contributed by atoms with Crippen LogP contribution in [0.25, 0.3) is 0 Å². The average Bonchev–Trinajstić information content (AvgIpc) is 2.17. The number of hydrogen-bond acceptors (Lipinski definition) is 4. The number of aliphatic hydroxyl groups is 1. The van der Waals surface area contributed by atoms with E-state index in [4.69, 9.17) is 9.84 Å². The first-order valence-corrected chi connectivity index (χ1v) is 4.74. The van der Waals surface area contributed by atoms with Gasteiger partial charge in [0.1, 0.15) is 5.75 Å². The minimum absolute atomic E-state index is 0.0265. The highest BCUT2D eigenvalue weighted by molar-refractivity contribution is 7.99. The van der Waals surface area contributed by atoms with Gasteiger partial charge in [0, 0.05) is 18.0 Å². The Morgan fingerprint density at radius 3 is 3.42 bits per heavy atom. The Bertz CT molecular complexity index is 290. The Labute approximate surface area is 74.8 Å². The molecule has 2 rings (SSSR count). The summed E-state index contributed by atoms with van der Waals surface area (Å²) in [6, 6.07) is 1.79. The maximum Gasteiger partial charge on any atom is 0.136 e. The summed E-state index contributed by atoms with van der Waals surface area (Å²) < 4.78 is 5.39. The van der Waals surface area contributed by atoms with Gasteiger partial charge in [0.15, 0.2) is 0 Å². The van der Waals surface area contributed by atoms with Crippen LogP contribution in [0.3, 0.4) is 0 Å². The summed E-state index contributed by atoms with van der Waals surface area (Å²) in [4.78, 5) is 5.13. The van der Waals surface area contributed by atoms with Gasteiger partial charge in [-0.15, -0.1) is 11.8 Å². The van der Waals surface area contributed by atoms with Crippen LogP contribution < -0.4 is 4.74 Å². The standard InChI is InChI=1S/C8H9NO2S/c10-5-6-3-7-8(4-9-6)12-2-1-11-7/h3-4,10H,1-2,5H2. The minimum atomic E-state index is -0.0265. The molecule has 1 aromatic heterocycles. The molecule has 1 aliphatic heterocycles. The fraction of sp³-hybridized carbons (Fsp3) is 0.375. The zero-order valence-electron chi connectivity index (χ0n) is 6.49. The summed E-state index contributed by atoms with van der Waals surface area (Å²) >= 11 is 1.74. The molecule has 12 heavy (non-hydrogen) atoms. The van der Waals surface area contributed by atoms with Crippen molar-refractivity contribution in [2.24, 2.45) is 0 Å². The molecular weight excluding hydrogens is 174 g/mol. The van der Waals surface area contributed by atoms with Gasteiger partial charge in [-0.25, -0.2) is 0 Å². The van der Waals surface area contributed by atoms with Gasteiger partial charge in [-0.3, -0.25) is 4.98 Å². The molecule has 0 unspecified atom stereocenters. The van der Waals surface area contributed by atoms with Crippen molar-refractivity contribution in [3.8, 4) is 5.75 Å². The lowest BCUT2D eigenvalue weighted by Gasteiger charge is -2.16. The fourth-order valence-electron chi connectivity index (χ4n) is 1.08. The summed E-state index contributed by atoms with van der Waals surface area (Å²) in [5.41, 5.74) is 0.663. The Balaban J connectivity index is 2.36. The third kappa shape index (κ3) is 1.40. The number of rotatable bonds is 1. The highest BCUT2D eigenvalue weighted by Crippen LogP contribution is 2.32. The summed E-state index contributed by atoms with van der Waals surface area (Å²) in [5.74, 6) is 1.83. The zero-order chi connectivity index (χ0) is 8.39. The molecular formula is C8H9NO2S. The van der Waals surface area contributed by atoms with E-state index in [2.05, 4.69) is 4.98 Å². The van der Waals surface area contributed by atoms with Crippen LogP contribution >= 0.6 is 11.8 Å². The Morgan fingerprint density at radius 2 is 2.58 bits per heavy atom. The van der Waals surface area contributed by atoms with Crippen LogP contribution in [0, 0.1) is 0 Å². The zero-order valence-corrected chi connectivity index (χ0v) is 7.30. The van der Waals surface area contributed by atoms with Crippen LogP contribution in [0.15, 0.2) is 17.2 Å². The van der Waals surface area contributed by atoms with Crippen molar-refractivity contribution >= 4 is 11.8 Å². The van der Waals surface area contributed by atoms with Crippen molar-refractivity contribution in [1.82, 2.24) is 4.98 Å². The molecule has 0 fully saturated rings. The predicted octanol–water partition coefficient (Wildman–Crippen LogP) is 1.06. The van der Waals surface area contributed by atoms with Gasteiger partial charge in [-0.1, -0.05) is 0 Å². The summed E-state index contributed by atoms with van der Waals surface area (Å²) in [6.07, 6.45) is 1.75. The van der Waals surface area contributed by atoms with Crippen LogP contribution in [-0.2, 0) is 6.61 Å². The number of hydrogen-bond donors (Lipinski definition) is 1. The highest BCUT2D eigenvalue weighted by Gasteiger charge is 2.11. The molecule has 0 saturated carbocycles. The van der Waals surface area contributed by atoms with Crippen molar-refractivity contribution in [3.05, 3.63) is 18.0 Å². The third-order valence-electron chi connectivity index (χ3n) is 1.65. The lowest BCUT2D eigenvalue weighted by molar-refractivity contribution is 0.273. The molecule has 64 valence electrons. The van der Waals surface area contributed by atoms with Gasteiger partial charge in [0.05, 0.1) is 23.8 Å². The van der Waals surface area contributed by atoms with Crippen LogP contribution in [-0.4, -0.2) is 22.5 Å². The molecule has 0 aromatic carbocycles. The van der Waals surface area contributed by atoms with Gasteiger partial charge >= 0.3 is 0 Å². The largest absolute Gasteiger partial charge is 0.491 e. The number of pyridine rings is 1. The van der Waals surface area contributed by atoms with Crippen molar-refractivity contribution < 1.29 is 9.84 Å². The van der Waals surface area contributed by atoms with Gasteiger partial charge in [0.2, 0.25) is 0 Å². The molecule has 4 heteroatoms. The quantitative estimate of drug-likeness (QED) is 0.707. The number of ether oxygens (including phenoxy) is 1. The average molecular weight is 183 g/mol. The summed E-state index contributed by atoms with van der Waals surface area (Å²) in [6.45, 7) is 0.716. The van der Waals surface area contributed by atoms with E-state index in [0.717, 1.165) is 23.0 Å². The van der Waals surface area contributed by atoms with E-state index in [1.807, 2.05) is 0 Å². The van der Waals surface area contributed by atoms with E-state index in [9.17, 15) is 0 Å². The molecule has 1 aliphatic rings. The van der Waals surface area contributed by atoms with Crippen molar-refractivity contribution in [2.75, 3.05) is 12.4 Å². The van der Waals surface area contributed by atoms with E-state index < -0.39 is 0 Å². The third-order valence-corrected chi connectivity index (χ3v) is 2.64. The maximum absolute atomic E-state index is 8.81. The predicted molar refractivity (Wildman–Crippen MR) is 46.4 cm³/mol. The summed E-state index contributed by atoms with van der Waals surface area (Å²) in [7, 11) is 0. The van der Waals surface area contributed by atoms with E-state index in [0.29, 0.717) is 5.69 Å². The number of aliphatic hydroxyl groups excluding tert-OH is 1. The maximum atomic E-state index is 8.81. The normalized spacial score (nSPS) is 15.1. The van der Waals surface area contributed by atoms with E-state index >= 15 is 0 Å². The van der Waals surface area contributed by atoms with E-state index in [-0.39, 0.29) is 6.61 Å². The van der Waals surface area contributed by atoms with Crippen LogP contribution in [0.4, 0.5) is 0 Å². The van der Waals surface area contributed by atoms with E-state index in [1.165, 1.54) is 0 Å². The van der Waals surface area contributed by atoms with Gasteiger partial charge in [-0.05, 0) is 0 Å². The van der Waals surface area contributed by atoms with Crippen molar-refractivity contribution in [3.63, 3.8) is 0 Å². The van der Waals surface area contributed by atoms with Crippen molar-refractivity contribution in [2.45, 2.75) is 11.5 Å². The second-order valence-electron chi connectivity index (χ2n) is 2.48. The topological polar surface area (TPSA) is 42.4 Å². The molecule has 2 heterocycles. The monoisotopic (exact) mass is 183 g/mol. The van der Waals surface area contributed by atoms with Crippen molar-refractivity contribution in [1.29, 1.82) is 0 Å². The summed E-state index contributed by atoms with van der Waals surface area (Å²) in [5, 5.41) is 8.81.